The zero-order chi connectivity index (χ0) is 17.4. The molecule has 0 bridgehead atoms. The molecule has 1 aromatic heterocycles. The van der Waals surface area contributed by atoms with Crippen molar-refractivity contribution >= 4 is 23.7 Å². The van der Waals surface area contributed by atoms with Gasteiger partial charge in [0.2, 0.25) is 11.8 Å². The second-order valence-corrected chi connectivity index (χ2v) is 6.20. The Morgan fingerprint density at radius 2 is 1.92 bits per heavy atom. The van der Waals surface area contributed by atoms with E-state index in [1.807, 2.05) is 54.3 Å². The summed E-state index contributed by atoms with van der Waals surface area (Å²) in [7, 11) is 0. The van der Waals surface area contributed by atoms with Gasteiger partial charge >= 0.3 is 0 Å². The maximum absolute atomic E-state index is 12.2. The van der Waals surface area contributed by atoms with Crippen molar-refractivity contribution in [3.63, 3.8) is 0 Å². The van der Waals surface area contributed by atoms with Crippen molar-refractivity contribution in [2.24, 2.45) is 0 Å². The normalized spacial score (nSPS) is 13.0. The summed E-state index contributed by atoms with van der Waals surface area (Å²) in [6.07, 6.45) is 5.79. The molecule has 0 saturated carbocycles. The molecule has 4 rings (SSSR count). The number of para-hydroxylation sites is 1. The molecule has 0 radical (unpaired) electrons. The molecular weight excluding hydrogens is 312 g/mol. The number of amides is 1. The van der Waals surface area contributed by atoms with Crippen molar-refractivity contribution in [3.05, 3.63) is 71.1 Å². The molecule has 25 heavy (non-hydrogen) atoms. The molecule has 0 spiro atoms. The van der Waals surface area contributed by atoms with Crippen LogP contribution in [0.25, 0.3) is 23.6 Å². The van der Waals surface area contributed by atoms with Gasteiger partial charge in [0.25, 0.3) is 0 Å². The third-order valence-corrected chi connectivity index (χ3v) is 4.39. The van der Waals surface area contributed by atoms with Crippen LogP contribution in [0.5, 0.6) is 0 Å². The van der Waals surface area contributed by atoms with E-state index in [0.29, 0.717) is 12.4 Å². The number of fused-ring (bicyclic) bond motifs is 2. The van der Waals surface area contributed by atoms with Gasteiger partial charge in [0, 0.05) is 12.5 Å². The van der Waals surface area contributed by atoms with Crippen molar-refractivity contribution < 1.29 is 9.21 Å². The third kappa shape index (κ3) is 2.87. The number of oxazole rings is 1. The van der Waals surface area contributed by atoms with Gasteiger partial charge in [0.1, 0.15) is 6.26 Å². The van der Waals surface area contributed by atoms with Crippen molar-refractivity contribution in [3.8, 4) is 11.5 Å². The number of hydrogen-bond acceptors (Lipinski definition) is 3. The van der Waals surface area contributed by atoms with Crippen LogP contribution in [0.15, 0.2) is 53.1 Å². The first-order valence-electron chi connectivity index (χ1n) is 8.22. The highest BCUT2D eigenvalue weighted by atomic mass is 16.3. The minimum Gasteiger partial charge on any atom is -0.444 e. The minimum absolute atomic E-state index is 0.0288. The lowest BCUT2D eigenvalue weighted by atomic mass is 9.99. The second kappa shape index (κ2) is 6.06. The first kappa shape index (κ1) is 15.4. The maximum Gasteiger partial charge on any atom is 0.226 e. The molecule has 1 amide bonds. The number of carbonyl (C=O) groups is 1. The van der Waals surface area contributed by atoms with Gasteiger partial charge in [-0.15, -0.1) is 0 Å². The molecule has 0 aliphatic carbocycles. The summed E-state index contributed by atoms with van der Waals surface area (Å²) in [5.74, 6) is 0.640. The average Bonchev–Trinajstić information content (AvgIpc) is 3.03. The molecule has 4 nitrogen and oxygen atoms in total. The van der Waals surface area contributed by atoms with Crippen molar-refractivity contribution in [1.29, 1.82) is 0 Å². The highest BCUT2D eigenvalue weighted by Gasteiger charge is 2.18. The van der Waals surface area contributed by atoms with E-state index >= 15 is 0 Å². The van der Waals surface area contributed by atoms with Crippen LogP contribution in [0.1, 0.15) is 29.3 Å². The minimum atomic E-state index is 0.0288. The quantitative estimate of drug-likeness (QED) is 0.650. The molecular formula is C21H18N2O2. The predicted octanol–water partition coefficient (Wildman–Crippen LogP) is 4.69. The molecule has 1 aliphatic rings. The van der Waals surface area contributed by atoms with Gasteiger partial charge in [0.15, 0.2) is 0 Å². The number of aryl methyl sites for hydroxylation is 1. The smallest absolute Gasteiger partial charge is 0.226 e. The molecule has 0 atom stereocenters. The van der Waals surface area contributed by atoms with Gasteiger partial charge in [-0.25, -0.2) is 4.98 Å². The van der Waals surface area contributed by atoms with Gasteiger partial charge in [0.05, 0.1) is 17.9 Å². The molecule has 0 unspecified atom stereocenters. The average molecular weight is 330 g/mol. The molecule has 0 N–H and O–H groups in total. The Hall–Kier alpha value is -3.14. The monoisotopic (exact) mass is 330 g/mol. The molecule has 3 aromatic rings. The van der Waals surface area contributed by atoms with E-state index in [-0.39, 0.29) is 5.91 Å². The fourth-order valence-corrected chi connectivity index (χ4v) is 3.10. The summed E-state index contributed by atoms with van der Waals surface area (Å²) < 4.78 is 5.51. The topological polar surface area (TPSA) is 46.3 Å². The Kier molecular flexibility index (Phi) is 3.73. The predicted molar refractivity (Wildman–Crippen MR) is 98.9 cm³/mol. The van der Waals surface area contributed by atoms with Crippen LogP contribution in [0.2, 0.25) is 0 Å². The summed E-state index contributed by atoms with van der Waals surface area (Å²) in [5, 5.41) is 0. The third-order valence-electron chi connectivity index (χ3n) is 4.39. The number of nitrogens with zero attached hydrogens (tertiary/aromatic N) is 2. The van der Waals surface area contributed by atoms with Crippen LogP contribution in [-0.2, 0) is 11.3 Å². The van der Waals surface area contributed by atoms with E-state index in [2.05, 4.69) is 17.1 Å². The molecule has 1 aliphatic heterocycles. The van der Waals surface area contributed by atoms with Gasteiger partial charge in [-0.3, -0.25) is 4.79 Å². The highest BCUT2D eigenvalue weighted by molar-refractivity contribution is 5.95. The van der Waals surface area contributed by atoms with E-state index in [4.69, 9.17) is 4.42 Å². The van der Waals surface area contributed by atoms with Crippen LogP contribution < -0.4 is 4.90 Å². The summed E-state index contributed by atoms with van der Waals surface area (Å²) in [4.78, 5) is 18.4. The second-order valence-electron chi connectivity index (χ2n) is 6.20. The number of hydrogen-bond donors (Lipinski definition) is 0. The van der Waals surface area contributed by atoms with E-state index in [0.717, 1.165) is 33.6 Å². The Labute approximate surface area is 146 Å². The van der Waals surface area contributed by atoms with Crippen molar-refractivity contribution in [1.82, 2.24) is 4.98 Å². The van der Waals surface area contributed by atoms with Gasteiger partial charge in [-0.2, -0.15) is 0 Å². The zero-order valence-corrected chi connectivity index (χ0v) is 14.2. The summed E-state index contributed by atoms with van der Waals surface area (Å²) in [6, 6.07) is 14.0. The van der Waals surface area contributed by atoms with Gasteiger partial charge < -0.3 is 9.32 Å². The number of aromatic nitrogens is 1. The van der Waals surface area contributed by atoms with E-state index in [9.17, 15) is 4.79 Å². The Balaban J connectivity index is 1.83. The molecule has 4 heteroatoms. The number of anilines is 1. The number of benzene rings is 2. The molecule has 0 fully saturated rings. The molecule has 124 valence electrons. The van der Waals surface area contributed by atoms with Crippen molar-refractivity contribution in [2.75, 3.05) is 4.90 Å². The molecule has 2 aromatic carbocycles. The standard InChI is InChI=1S/C21H18N2O2/c1-14-13-25-21(22-14)18-9-10-19-12-23(15(2)24)20-6-4-3-5-16(20)7-8-17(19)11-18/h3-11,13H,12H2,1-2H3. The van der Waals surface area contributed by atoms with Crippen LogP contribution in [0, 0.1) is 6.92 Å². The summed E-state index contributed by atoms with van der Waals surface area (Å²) >= 11 is 0. The molecule has 0 saturated heterocycles. The lowest BCUT2D eigenvalue weighted by Gasteiger charge is -2.26. The lowest BCUT2D eigenvalue weighted by Crippen LogP contribution is -2.29. The van der Waals surface area contributed by atoms with Crippen molar-refractivity contribution in [2.45, 2.75) is 20.4 Å². The number of rotatable bonds is 1. The highest BCUT2D eigenvalue weighted by Crippen LogP contribution is 2.31. The summed E-state index contributed by atoms with van der Waals surface area (Å²) in [5.41, 5.74) is 5.90. The Morgan fingerprint density at radius 3 is 2.68 bits per heavy atom. The largest absolute Gasteiger partial charge is 0.444 e. The fraction of sp³-hybridized carbons (Fsp3) is 0.143. The first-order valence-corrected chi connectivity index (χ1v) is 8.22. The summed E-state index contributed by atoms with van der Waals surface area (Å²) in [6.45, 7) is 4.05. The number of carbonyl (C=O) groups excluding carboxylic acids is 1. The van der Waals surface area contributed by atoms with Gasteiger partial charge in [-0.1, -0.05) is 36.4 Å². The van der Waals surface area contributed by atoms with E-state index in [1.54, 1.807) is 13.2 Å². The molecule has 2 heterocycles. The van der Waals surface area contributed by atoms with Crippen LogP contribution in [-0.4, -0.2) is 10.9 Å². The van der Waals surface area contributed by atoms with Crippen LogP contribution in [0.3, 0.4) is 0 Å². The van der Waals surface area contributed by atoms with Crippen LogP contribution >= 0.6 is 0 Å². The Bertz CT molecular complexity index is 985. The first-order chi connectivity index (χ1) is 12.1. The van der Waals surface area contributed by atoms with E-state index in [1.165, 1.54) is 0 Å². The lowest BCUT2D eigenvalue weighted by molar-refractivity contribution is -0.116. The Morgan fingerprint density at radius 1 is 1.12 bits per heavy atom. The van der Waals surface area contributed by atoms with E-state index < -0.39 is 0 Å². The maximum atomic E-state index is 12.2. The SMILES string of the molecule is CC(=O)N1Cc2ccc(-c3nc(C)co3)cc2C=Cc2ccccc21. The van der Waals surface area contributed by atoms with Crippen LogP contribution in [0.4, 0.5) is 5.69 Å². The fourth-order valence-electron chi connectivity index (χ4n) is 3.10. The van der Waals surface area contributed by atoms with Gasteiger partial charge in [-0.05, 0) is 41.8 Å². The zero-order valence-electron chi connectivity index (χ0n) is 14.2.